The van der Waals surface area contributed by atoms with E-state index in [9.17, 15) is 9.59 Å². The molecular formula is C9H20O4. The number of carbonyl (C=O) groups excluding carboxylic acids is 2. The molecule has 0 aromatic carbocycles. The average molecular weight is 192 g/mol. The van der Waals surface area contributed by atoms with Gasteiger partial charge in [-0.2, -0.15) is 0 Å². The van der Waals surface area contributed by atoms with Crippen molar-refractivity contribution in [3.63, 3.8) is 0 Å². The first-order chi connectivity index (χ1) is 5.16. The minimum absolute atomic E-state index is 0. The molecule has 13 heavy (non-hydrogen) atoms. The predicted molar refractivity (Wildman–Crippen MR) is 51.3 cm³/mol. The predicted octanol–water partition coefficient (Wildman–Crippen LogP) is 1.77. The summed E-state index contributed by atoms with van der Waals surface area (Å²) in [6.45, 7) is 1.39. The second kappa shape index (κ2) is 11.1. The molecular weight excluding hydrogens is 172 g/mol. The molecule has 0 saturated carbocycles. The number of Topliss-reactive ketones (excluding diaryl/α,β-unsaturated/α-hetero) is 1. The lowest BCUT2D eigenvalue weighted by atomic mass is 10.2. The highest BCUT2D eigenvalue weighted by molar-refractivity contribution is 5.80. The lowest BCUT2D eigenvalue weighted by Gasteiger charge is -2.00. The number of rotatable bonds is 5. The van der Waals surface area contributed by atoms with Crippen molar-refractivity contribution in [2.24, 2.45) is 0 Å². The Morgan fingerprint density at radius 1 is 1.15 bits per heavy atom. The number of esters is 1. The van der Waals surface area contributed by atoms with E-state index in [0.29, 0.717) is 0 Å². The summed E-state index contributed by atoms with van der Waals surface area (Å²) in [7, 11) is 1.43. The molecule has 0 aliphatic heterocycles. The van der Waals surface area contributed by atoms with E-state index >= 15 is 0 Å². The zero-order chi connectivity index (χ0) is 8.69. The normalized spacial score (nSPS) is 7.85. The molecule has 0 saturated heterocycles. The number of ketones is 1. The Morgan fingerprint density at radius 3 is 2.08 bits per heavy atom. The molecule has 0 N–H and O–H groups in total. The first kappa shape index (κ1) is 18.0. The quantitative estimate of drug-likeness (QED) is 0.492. The van der Waals surface area contributed by atoms with Crippen molar-refractivity contribution < 1.29 is 19.1 Å². The fourth-order valence-corrected chi connectivity index (χ4v) is 0.475. The molecule has 4 nitrogen and oxygen atoms in total. The molecule has 0 spiro atoms. The van der Waals surface area contributed by atoms with Crippen molar-refractivity contribution in [1.29, 1.82) is 0 Å². The summed E-state index contributed by atoms with van der Waals surface area (Å²) < 4.78 is 9.02. The molecule has 0 amide bonds. The van der Waals surface area contributed by atoms with Crippen molar-refractivity contribution in [2.75, 3.05) is 13.9 Å². The van der Waals surface area contributed by atoms with Gasteiger partial charge in [0.25, 0.3) is 0 Å². The Bertz CT molecular complexity index is 143. The van der Waals surface area contributed by atoms with Crippen LogP contribution in [0.1, 0.15) is 34.6 Å². The van der Waals surface area contributed by atoms with Gasteiger partial charge in [-0.25, -0.2) is 0 Å². The van der Waals surface area contributed by atoms with E-state index in [0.717, 1.165) is 0 Å². The third kappa shape index (κ3) is 14.0. The van der Waals surface area contributed by atoms with Gasteiger partial charge in [-0.15, -0.1) is 0 Å². The van der Waals surface area contributed by atoms with E-state index in [-0.39, 0.29) is 40.3 Å². The molecule has 0 rings (SSSR count). The molecule has 0 aromatic heterocycles. The van der Waals surface area contributed by atoms with Gasteiger partial charge >= 0.3 is 5.97 Å². The third-order valence-electron chi connectivity index (χ3n) is 1.02. The number of ether oxygens (including phenoxy) is 2. The van der Waals surface area contributed by atoms with Crippen molar-refractivity contribution in [3.8, 4) is 0 Å². The summed E-state index contributed by atoms with van der Waals surface area (Å²) in [4.78, 5) is 21.0. The highest BCUT2D eigenvalue weighted by atomic mass is 16.7. The second-order valence-electron chi connectivity index (χ2n) is 2.12. The average Bonchev–Trinajstić information content (AvgIpc) is 1.97. The van der Waals surface area contributed by atoms with Crippen LogP contribution >= 0.6 is 0 Å². The van der Waals surface area contributed by atoms with E-state index in [1.54, 1.807) is 0 Å². The number of hydrogen-bond acceptors (Lipinski definition) is 4. The van der Waals surface area contributed by atoms with Gasteiger partial charge in [-0.3, -0.25) is 4.79 Å². The monoisotopic (exact) mass is 192 g/mol. The van der Waals surface area contributed by atoms with Crippen LogP contribution in [0.15, 0.2) is 0 Å². The topological polar surface area (TPSA) is 52.6 Å². The molecule has 0 aliphatic carbocycles. The summed E-state index contributed by atoms with van der Waals surface area (Å²) in [5.41, 5.74) is 0. The maximum Gasteiger partial charge on any atom is 0.308 e. The van der Waals surface area contributed by atoms with Crippen LogP contribution in [-0.2, 0) is 19.1 Å². The Balaban J connectivity index is -0.000000500. The van der Waals surface area contributed by atoms with Crippen molar-refractivity contribution in [3.05, 3.63) is 0 Å². The summed E-state index contributed by atoms with van der Waals surface area (Å²) in [6.07, 6.45) is 0.376. The van der Waals surface area contributed by atoms with Crippen LogP contribution < -0.4 is 0 Å². The fourth-order valence-electron chi connectivity index (χ4n) is 0.475. The Hall–Kier alpha value is -0.900. The summed E-state index contributed by atoms with van der Waals surface area (Å²) in [6, 6.07) is 0. The number of carbonyl (C=O) groups is 2. The third-order valence-corrected chi connectivity index (χ3v) is 1.02. The molecule has 80 valence electrons. The molecule has 0 atom stereocenters. The van der Waals surface area contributed by atoms with Crippen LogP contribution in [0.4, 0.5) is 0 Å². The second-order valence-corrected chi connectivity index (χ2v) is 2.12. The largest absolute Gasteiger partial charge is 0.438 e. The van der Waals surface area contributed by atoms with E-state index in [1.165, 1.54) is 14.0 Å². The van der Waals surface area contributed by atoms with Gasteiger partial charge in [0.05, 0.1) is 6.42 Å². The molecule has 0 radical (unpaired) electrons. The maximum absolute atomic E-state index is 10.7. The minimum Gasteiger partial charge on any atom is -0.438 e. The van der Waals surface area contributed by atoms with E-state index in [4.69, 9.17) is 0 Å². The molecule has 0 bridgehead atoms. The highest BCUT2D eigenvalue weighted by Crippen LogP contribution is 1.93. The molecule has 0 unspecified atom stereocenters. The summed E-state index contributed by atoms with van der Waals surface area (Å²) >= 11 is 0. The van der Waals surface area contributed by atoms with Gasteiger partial charge in [0, 0.05) is 13.5 Å². The summed E-state index contributed by atoms with van der Waals surface area (Å²) in [5.74, 6) is -0.415. The zero-order valence-electron chi connectivity index (χ0n) is 6.75. The molecule has 0 aromatic rings. The molecule has 0 fully saturated rings. The Labute approximate surface area is 80.2 Å². The summed E-state index contributed by atoms with van der Waals surface area (Å²) in [5, 5.41) is 0. The van der Waals surface area contributed by atoms with Crippen molar-refractivity contribution in [2.45, 2.75) is 34.6 Å². The van der Waals surface area contributed by atoms with Crippen LogP contribution in [0.3, 0.4) is 0 Å². The molecule has 4 heteroatoms. The van der Waals surface area contributed by atoms with Gasteiger partial charge < -0.3 is 14.3 Å². The fraction of sp³-hybridized carbons (Fsp3) is 0.778. The number of methoxy groups -OCH3 is 1. The standard InChI is InChI=1S/C7H12O4.2CH4/c1-6(8)3-4-7(9)11-5-10-2;;/h3-5H2,1-2H3;2*1H4. The first-order valence-corrected chi connectivity index (χ1v) is 3.31. The Morgan fingerprint density at radius 2 is 1.69 bits per heavy atom. The number of hydrogen-bond donors (Lipinski definition) is 0. The van der Waals surface area contributed by atoms with Gasteiger partial charge in [0.1, 0.15) is 5.78 Å². The van der Waals surface area contributed by atoms with Crippen molar-refractivity contribution in [1.82, 2.24) is 0 Å². The van der Waals surface area contributed by atoms with Crippen LogP contribution in [0.25, 0.3) is 0 Å². The van der Waals surface area contributed by atoms with Gasteiger partial charge in [-0.1, -0.05) is 14.9 Å². The molecule has 0 heterocycles. The Kier molecular flexibility index (Phi) is 15.4. The van der Waals surface area contributed by atoms with Crippen molar-refractivity contribution >= 4 is 11.8 Å². The lowest BCUT2D eigenvalue weighted by Crippen LogP contribution is -2.08. The van der Waals surface area contributed by atoms with Gasteiger partial charge in [-0.05, 0) is 6.92 Å². The van der Waals surface area contributed by atoms with Gasteiger partial charge in [0.15, 0.2) is 6.79 Å². The zero-order valence-corrected chi connectivity index (χ0v) is 6.75. The van der Waals surface area contributed by atoms with Gasteiger partial charge in [0.2, 0.25) is 0 Å². The highest BCUT2D eigenvalue weighted by Gasteiger charge is 2.03. The van der Waals surface area contributed by atoms with Crippen LogP contribution in [0.2, 0.25) is 0 Å². The smallest absolute Gasteiger partial charge is 0.308 e. The molecule has 0 aliphatic rings. The van der Waals surface area contributed by atoms with E-state index in [2.05, 4.69) is 9.47 Å². The van der Waals surface area contributed by atoms with Crippen LogP contribution in [0.5, 0.6) is 0 Å². The lowest BCUT2D eigenvalue weighted by molar-refractivity contribution is -0.154. The van der Waals surface area contributed by atoms with E-state index < -0.39 is 5.97 Å². The SMILES string of the molecule is C.C.COCOC(=O)CCC(C)=O. The van der Waals surface area contributed by atoms with E-state index in [1.807, 2.05) is 0 Å². The van der Waals surface area contributed by atoms with Crippen LogP contribution in [0, 0.1) is 0 Å². The van der Waals surface area contributed by atoms with Crippen LogP contribution in [-0.4, -0.2) is 25.7 Å². The minimum atomic E-state index is -0.401. The first-order valence-electron chi connectivity index (χ1n) is 3.31. The maximum atomic E-state index is 10.7.